The molecule has 0 saturated carbocycles. The summed E-state index contributed by atoms with van der Waals surface area (Å²) in [4.78, 5) is 2.43. The van der Waals surface area contributed by atoms with E-state index in [2.05, 4.69) is 169 Å². The van der Waals surface area contributed by atoms with Gasteiger partial charge in [-0.1, -0.05) is 127 Å². The largest absolute Gasteiger partial charge is 0.454 e. The van der Waals surface area contributed by atoms with E-state index in [9.17, 15) is 0 Å². The first-order valence-corrected chi connectivity index (χ1v) is 17.5. The molecule has 2 nitrogen and oxygen atoms in total. The first kappa shape index (κ1) is 26.9. The summed E-state index contributed by atoms with van der Waals surface area (Å²) in [6.07, 6.45) is 0. The van der Waals surface area contributed by atoms with Gasteiger partial charge in [0.15, 0.2) is 5.58 Å². The Morgan fingerprint density at radius 3 is 1.67 bits per heavy atom. The van der Waals surface area contributed by atoms with Gasteiger partial charge in [0.05, 0.1) is 21.8 Å². The highest BCUT2D eigenvalue weighted by Crippen LogP contribution is 2.49. The lowest BCUT2D eigenvalue weighted by Crippen LogP contribution is -2.11. The summed E-state index contributed by atoms with van der Waals surface area (Å²) in [5.41, 5.74) is 5.07. The van der Waals surface area contributed by atoms with Crippen molar-refractivity contribution < 1.29 is 4.42 Å². The Hall–Kier alpha value is -6.16. The minimum atomic E-state index is 0.882. The average molecular weight is 642 g/mol. The fourth-order valence-corrected chi connectivity index (χ4v) is 9.26. The summed E-state index contributed by atoms with van der Waals surface area (Å²) < 4.78 is 9.57. The van der Waals surface area contributed by atoms with E-state index in [-0.39, 0.29) is 0 Å². The molecule has 11 rings (SSSR count). The smallest absolute Gasteiger partial charge is 0.159 e. The van der Waals surface area contributed by atoms with Crippen LogP contribution in [-0.4, -0.2) is 0 Å². The Bertz CT molecular complexity index is 3120. The zero-order valence-corrected chi connectivity index (χ0v) is 27.2. The highest BCUT2D eigenvalue weighted by Gasteiger charge is 2.24. The zero-order chi connectivity index (χ0) is 32.1. The molecule has 228 valence electrons. The van der Waals surface area contributed by atoms with Crippen LogP contribution in [0.4, 0.5) is 17.1 Å². The lowest BCUT2D eigenvalue weighted by molar-refractivity contribution is 0.669. The molecule has 49 heavy (non-hydrogen) atoms. The van der Waals surface area contributed by atoms with E-state index >= 15 is 0 Å². The minimum absolute atomic E-state index is 0.882. The van der Waals surface area contributed by atoms with E-state index in [0.717, 1.165) is 39.0 Å². The van der Waals surface area contributed by atoms with Gasteiger partial charge in [0.1, 0.15) is 5.58 Å². The summed E-state index contributed by atoms with van der Waals surface area (Å²) in [5, 5.41) is 14.7. The summed E-state index contributed by atoms with van der Waals surface area (Å²) in [7, 11) is 0. The first-order chi connectivity index (χ1) is 24.3. The van der Waals surface area contributed by atoms with Crippen LogP contribution >= 0.6 is 11.3 Å². The molecule has 2 aromatic heterocycles. The maximum atomic E-state index is 7.02. The second-order valence-corrected chi connectivity index (χ2v) is 13.9. The molecule has 0 N–H and O–H groups in total. The van der Waals surface area contributed by atoms with E-state index in [1.807, 2.05) is 11.3 Å². The highest BCUT2D eigenvalue weighted by atomic mass is 32.1. The monoisotopic (exact) mass is 641 g/mol. The van der Waals surface area contributed by atoms with Crippen molar-refractivity contribution in [1.29, 1.82) is 0 Å². The van der Waals surface area contributed by atoms with Gasteiger partial charge >= 0.3 is 0 Å². The molecule has 0 aliphatic heterocycles. The highest BCUT2D eigenvalue weighted by molar-refractivity contribution is 7.26. The quantitative estimate of drug-likeness (QED) is 0.179. The molecule has 0 unspecified atom stereocenters. The third kappa shape index (κ3) is 3.82. The summed E-state index contributed by atoms with van der Waals surface area (Å²) in [6.45, 7) is 0. The molecule has 0 aliphatic rings. The molecule has 11 aromatic rings. The van der Waals surface area contributed by atoms with Crippen molar-refractivity contribution in [2.75, 3.05) is 4.90 Å². The third-order valence-corrected chi connectivity index (χ3v) is 11.4. The summed E-state index contributed by atoms with van der Waals surface area (Å²) >= 11 is 1.85. The van der Waals surface area contributed by atoms with Gasteiger partial charge in [0.25, 0.3) is 0 Å². The van der Waals surface area contributed by atoms with E-state index in [0.29, 0.717) is 0 Å². The van der Waals surface area contributed by atoms with Crippen molar-refractivity contribution in [3.63, 3.8) is 0 Å². The van der Waals surface area contributed by atoms with Crippen molar-refractivity contribution in [1.82, 2.24) is 0 Å². The average Bonchev–Trinajstić information content (AvgIpc) is 3.73. The predicted octanol–water partition coefficient (Wildman–Crippen LogP) is 14.0. The second kappa shape index (κ2) is 10.2. The van der Waals surface area contributed by atoms with Crippen LogP contribution < -0.4 is 4.90 Å². The van der Waals surface area contributed by atoms with Crippen molar-refractivity contribution in [2.24, 2.45) is 0 Å². The molecule has 9 aromatic carbocycles. The van der Waals surface area contributed by atoms with E-state index < -0.39 is 0 Å². The van der Waals surface area contributed by atoms with Gasteiger partial charge in [-0.3, -0.25) is 0 Å². The fraction of sp³-hybridized carbons (Fsp3) is 0. The van der Waals surface area contributed by atoms with Crippen LogP contribution in [0, 0.1) is 0 Å². The molecule has 0 aliphatic carbocycles. The molecule has 2 heterocycles. The van der Waals surface area contributed by atoms with Crippen LogP contribution in [0.1, 0.15) is 0 Å². The predicted molar refractivity (Wildman–Crippen MR) is 211 cm³/mol. The first-order valence-electron chi connectivity index (χ1n) is 16.7. The summed E-state index contributed by atoms with van der Waals surface area (Å²) in [6, 6.07) is 59.4. The number of rotatable bonds is 3. The molecule has 0 atom stereocenters. The lowest BCUT2D eigenvalue weighted by Gasteiger charge is -2.27. The molecule has 0 amide bonds. The van der Waals surface area contributed by atoms with E-state index in [1.54, 1.807) is 0 Å². The maximum Gasteiger partial charge on any atom is 0.159 e. The zero-order valence-electron chi connectivity index (χ0n) is 26.4. The Balaban J connectivity index is 1.26. The normalized spacial score (nSPS) is 12.1. The third-order valence-electron chi connectivity index (χ3n) is 10.2. The van der Waals surface area contributed by atoms with Gasteiger partial charge in [-0.15, -0.1) is 11.3 Å². The van der Waals surface area contributed by atoms with Crippen molar-refractivity contribution in [3.05, 3.63) is 164 Å². The van der Waals surface area contributed by atoms with Gasteiger partial charge in [-0.2, -0.15) is 0 Å². The summed E-state index contributed by atoms with van der Waals surface area (Å²) in [5.74, 6) is 0. The van der Waals surface area contributed by atoms with Crippen LogP contribution in [0.2, 0.25) is 0 Å². The molecule has 3 heteroatoms. The number of furan rings is 1. The second-order valence-electron chi connectivity index (χ2n) is 12.8. The minimum Gasteiger partial charge on any atom is -0.454 e. The molecule has 0 spiro atoms. The van der Waals surface area contributed by atoms with Crippen LogP contribution in [0.15, 0.2) is 168 Å². The number of nitrogens with zero attached hydrogens (tertiary/aromatic N) is 1. The number of fused-ring (bicyclic) bond motifs is 13. The van der Waals surface area contributed by atoms with Gasteiger partial charge in [-0.05, 0) is 74.1 Å². The Labute approximate surface area is 285 Å². The number of benzene rings is 9. The number of hydrogen-bond acceptors (Lipinski definition) is 3. The van der Waals surface area contributed by atoms with Crippen LogP contribution in [0.5, 0.6) is 0 Å². The molecular weight excluding hydrogens is 615 g/mol. The molecule has 0 bridgehead atoms. The number of para-hydroxylation sites is 1. The molecular formula is C46H27NOS. The van der Waals surface area contributed by atoms with E-state index in [1.165, 1.54) is 63.3 Å². The SMILES string of the molecule is c1ccc2c(N(c3cccc4c3oc3cc5c6ccccc6c6ccccc6c5cc34)c3cccc4c3sc3ccccc34)cccc2c1. The van der Waals surface area contributed by atoms with Crippen LogP contribution in [-0.2, 0) is 0 Å². The Kier molecular flexibility index (Phi) is 5.57. The fourth-order valence-electron chi connectivity index (χ4n) is 8.06. The topological polar surface area (TPSA) is 16.4 Å². The van der Waals surface area contributed by atoms with Gasteiger partial charge < -0.3 is 9.32 Å². The molecule has 0 fully saturated rings. The van der Waals surface area contributed by atoms with Crippen LogP contribution in [0.25, 0.3) is 85.2 Å². The Morgan fingerprint density at radius 1 is 0.367 bits per heavy atom. The maximum absolute atomic E-state index is 7.02. The van der Waals surface area contributed by atoms with E-state index in [4.69, 9.17) is 4.42 Å². The van der Waals surface area contributed by atoms with Crippen molar-refractivity contribution in [3.8, 4) is 0 Å². The van der Waals surface area contributed by atoms with Gasteiger partial charge in [0.2, 0.25) is 0 Å². The molecule has 0 radical (unpaired) electrons. The van der Waals surface area contributed by atoms with Crippen molar-refractivity contribution >= 4 is 114 Å². The standard InChI is InChI=1S/C46H27NOS/c1-2-14-29-28(12-1)13-9-22-40(29)47(42-24-11-21-36-34-19-7-8-25-44(34)49-46(36)42)41-23-10-20-35-39-26-37-32-17-5-3-15-30(32)31-16-4-6-18-33(31)38(37)27-43(39)48-45(35)41/h1-27H. The lowest BCUT2D eigenvalue weighted by atomic mass is 9.93. The number of thiophene rings is 1. The number of hydrogen-bond donors (Lipinski definition) is 0. The van der Waals surface area contributed by atoms with Crippen molar-refractivity contribution in [2.45, 2.75) is 0 Å². The van der Waals surface area contributed by atoms with Gasteiger partial charge in [0, 0.05) is 31.6 Å². The van der Waals surface area contributed by atoms with Gasteiger partial charge in [-0.25, -0.2) is 0 Å². The van der Waals surface area contributed by atoms with Crippen LogP contribution in [0.3, 0.4) is 0 Å². The Morgan fingerprint density at radius 2 is 0.898 bits per heavy atom. The molecule has 0 saturated heterocycles. The number of anilines is 3.